The first-order valence-electron chi connectivity index (χ1n) is 5.93. The van der Waals surface area contributed by atoms with Crippen molar-refractivity contribution in [3.05, 3.63) is 28.8 Å². The first-order chi connectivity index (χ1) is 9.63. The van der Waals surface area contributed by atoms with Crippen molar-refractivity contribution in [2.24, 2.45) is 5.73 Å². The Bertz CT molecular complexity index is 660. The lowest BCUT2D eigenvalue weighted by molar-refractivity contribution is -0.139. The minimum atomic E-state index is -4.04. The van der Waals surface area contributed by atoms with Crippen LogP contribution in [0.4, 0.5) is 0 Å². The number of carbonyl (C=O) groups excluding carboxylic acids is 1. The fraction of sp³-hybridized carbons (Fsp3) is 0.333. The van der Waals surface area contributed by atoms with Crippen LogP contribution >= 0.6 is 11.6 Å². The number of sulfonamides is 1. The van der Waals surface area contributed by atoms with Gasteiger partial charge in [0.2, 0.25) is 15.9 Å². The number of aryl methyl sites for hydroxylation is 1. The zero-order valence-corrected chi connectivity index (χ0v) is 12.7. The monoisotopic (exact) mass is 334 g/mol. The van der Waals surface area contributed by atoms with Crippen LogP contribution in [-0.2, 0) is 19.6 Å². The van der Waals surface area contributed by atoms with Crippen LogP contribution in [-0.4, -0.2) is 31.4 Å². The minimum Gasteiger partial charge on any atom is -0.480 e. The summed E-state index contributed by atoms with van der Waals surface area (Å²) in [5, 5.41) is 9.38. The molecular weight excluding hydrogens is 320 g/mol. The molecule has 1 aromatic rings. The highest BCUT2D eigenvalue weighted by atomic mass is 35.5. The maximum Gasteiger partial charge on any atom is 0.321 e. The maximum absolute atomic E-state index is 12.2. The number of nitrogens with one attached hydrogen (secondary N) is 1. The highest BCUT2D eigenvalue weighted by Gasteiger charge is 2.26. The van der Waals surface area contributed by atoms with E-state index in [1.807, 2.05) is 4.72 Å². The van der Waals surface area contributed by atoms with E-state index >= 15 is 0 Å². The van der Waals surface area contributed by atoms with Gasteiger partial charge in [0.05, 0.1) is 4.90 Å². The molecule has 7 nitrogen and oxygen atoms in total. The normalized spacial score (nSPS) is 12.9. The molecule has 21 heavy (non-hydrogen) atoms. The van der Waals surface area contributed by atoms with E-state index in [0.29, 0.717) is 10.6 Å². The van der Waals surface area contributed by atoms with Gasteiger partial charge in [0, 0.05) is 11.4 Å². The largest absolute Gasteiger partial charge is 0.480 e. The molecule has 1 unspecified atom stereocenters. The lowest BCUT2D eigenvalue weighted by Crippen LogP contribution is -2.41. The van der Waals surface area contributed by atoms with E-state index < -0.39 is 27.9 Å². The first kappa shape index (κ1) is 17.4. The fourth-order valence-corrected chi connectivity index (χ4v) is 3.36. The van der Waals surface area contributed by atoms with Crippen LogP contribution < -0.4 is 10.5 Å². The summed E-state index contributed by atoms with van der Waals surface area (Å²) in [4.78, 5) is 21.7. The first-order valence-corrected chi connectivity index (χ1v) is 7.79. The van der Waals surface area contributed by atoms with Gasteiger partial charge in [-0.05, 0) is 37.1 Å². The van der Waals surface area contributed by atoms with Gasteiger partial charge in [-0.1, -0.05) is 11.6 Å². The molecule has 4 N–H and O–H groups in total. The number of nitrogens with two attached hydrogens (primary N) is 1. The maximum atomic E-state index is 12.2. The molecule has 1 amide bonds. The number of aliphatic carboxylic acids is 1. The van der Waals surface area contributed by atoms with E-state index in [-0.39, 0.29) is 17.7 Å². The highest BCUT2D eigenvalue weighted by molar-refractivity contribution is 7.89. The number of carbonyl (C=O) groups is 2. The quantitative estimate of drug-likeness (QED) is 0.674. The second-order valence-electron chi connectivity index (χ2n) is 4.43. The third-order valence-corrected chi connectivity index (χ3v) is 4.57. The molecule has 0 aliphatic rings. The summed E-state index contributed by atoms with van der Waals surface area (Å²) in [7, 11) is -4.04. The van der Waals surface area contributed by atoms with Gasteiger partial charge >= 0.3 is 5.97 Å². The molecule has 0 heterocycles. The van der Waals surface area contributed by atoms with Crippen LogP contribution in [0.3, 0.4) is 0 Å². The van der Waals surface area contributed by atoms with E-state index in [4.69, 9.17) is 22.4 Å². The predicted molar refractivity (Wildman–Crippen MR) is 76.4 cm³/mol. The molecule has 0 fully saturated rings. The average Bonchev–Trinajstić information content (AvgIpc) is 2.33. The average molecular weight is 335 g/mol. The molecule has 0 aliphatic heterocycles. The number of carboxylic acids is 1. The van der Waals surface area contributed by atoms with Crippen molar-refractivity contribution in [3.8, 4) is 0 Å². The second kappa shape index (κ2) is 6.88. The van der Waals surface area contributed by atoms with Gasteiger partial charge in [0.25, 0.3) is 0 Å². The van der Waals surface area contributed by atoms with Crippen molar-refractivity contribution < 1.29 is 23.1 Å². The van der Waals surface area contributed by atoms with Crippen LogP contribution in [0.5, 0.6) is 0 Å². The number of halogens is 1. The smallest absolute Gasteiger partial charge is 0.321 e. The van der Waals surface area contributed by atoms with Gasteiger partial charge in [0.15, 0.2) is 0 Å². The van der Waals surface area contributed by atoms with Gasteiger partial charge in [-0.2, -0.15) is 4.72 Å². The van der Waals surface area contributed by atoms with Gasteiger partial charge in [-0.15, -0.1) is 0 Å². The number of primary amides is 1. The lowest BCUT2D eigenvalue weighted by Gasteiger charge is -2.15. The Labute approximate surface area is 127 Å². The number of hydrogen-bond donors (Lipinski definition) is 3. The molecule has 0 saturated heterocycles. The molecule has 1 atom stereocenters. The molecule has 0 saturated carbocycles. The molecule has 0 spiro atoms. The van der Waals surface area contributed by atoms with Crippen molar-refractivity contribution in [2.45, 2.75) is 30.7 Å². The Morgan fingerprint density at radius 2 is 2.05 bits per heavy atom. The van der Waals surface area contributed by atoms with Crippen LogP contribution in [0.15, 0.2) is 23.1 Å². The fourth-order valence-electron chi connectivity index (χ4n) is 1.68. The van der Waals surface area contributed by atoms with Gasteiger partial charge < -0.3 is 10.8 Å². The molecule has 0 bridgehead atoms. The third kappa shape index (κ3) is 5.00. The van der Waals surface area contributed by atoms with E-state index in [1.165, 1.54) is 18.2 Å². The highest BCUT2D eigenvalue weighted by Crippen LogP contribution is 2.20. The number of rotatable bonds is 7. The number of amides is 1. The topological polar surface area (TPSA) is 127 Å². The summed E-state index contributed by atoms with van der Waals surface area (Å²) in [6.45, 7) is 1.54. The van der Waals surface area contributed by atoms with Crippen molar-refractivity contribution in [2.75, 3.05) is 0 Å². The Hall–Kier alpha value is -1.64. The predicted octanol–water partition coefficient (Wildman–Crippen LogP) is 0.645. The van der Waals surface area contributed by atoms with E-state index in [1.54, 1.807) is 6.92 Å². The lowest BCUT2D eigenvalue weighted by atomic mass is 10.2. The molecule has 116 valence electrons. The Kier molecular flexibility index (Phi) is 5.70. The summed E-state index contributed by atoms with van der Waals surface area (Å²) >= 11 is 5.75. The van der Waals surface area contributed by atoms with Crippen molar-refractivity contribution in [3.63, 3.8) is 0 Å². The third-order valence-electron chi connectivity index (χ3n) is 2.70. The number of benzene rings is 1. The molecule has 1 aromatic carbocycles. The van der Waals surface area contributed by atoms with Crippen LogP contribution in [0.25, 0.3) is 0 Å². The van der Waals surface area contributed by atoms with Crippen LogP contribution in [0, 0.1) is 6.92 Å². The van der Waals surface area contributed by atoms with Crippen molar-refractivity contribution in [1.29, 1.82) is 0 Å². The SMILES string of the molecule is Cc1cc(Cl)ccc1S(=O)(=O)NC(CCC(N)=O)C(=O)O. The molecule has 9 heteroatoms. The Balaban J connectivity index is 3.00. The Morgan fingerprint density at radius 1 is 1.43 bits per heavy atom. The summed E-state index contributed by atoms with van der Waals surface area (Å²) in [5.74, 6) is -2.09. The molecule has 0 radical (unpaired) electrons. The standard InChI is InChI=1S/C12H15ClN2O5S/c1-7-6-8(13)2-4-10(7)21(19,20)15-9(12(17)18)3-5-11(14)16/h2,4,6,9,15H,3,5H2,1H3,(H2,14,16)(H,17,18). The molecule has 1 rings (SSSR count). The number of hydrogen-bond acceptors (Lipinski definition) is 4. The van der Waals surface area contributed by atoms with Gasteiger partial charge in [-0.25, -0.2) is 8.42 Å². The zero-order valence-electron chi connectivity index (χ0n) is 11.2. The zero-order chi connectivity index (χ0) is 16.2. The van der Waals surface area contributed by atoms with Crippen LogP contribution in [0.1, 0.15) is 18.4 Å². The Morgan fingerprint density at radius 3 is 2.52 bits per heavy atom. The summed E-state index contributed by atoms with van der Waals surface area (Å²) in [6, 6.07) is 2.70. The van der Waals surface area contributed by atoms with Crippen molar-refractivity contribution >= 4 is 33.5 Å². The summed E-state index contributed by atoms with van der Waals surface area (Å²) in [6.07, 6.45) is -0.463. The van der Waals surface area contributed by atoms with Crippen molar-refractivity contribution in [1.82, 2.24) is 4.72 Å². The summed E-state index contributed by atoms with van der Waals surface area (Å²) < 4.78 is 26.4. The number of carboxylic acid groups (broad SMARTS) is 1. The van der Waals surface area contributed by atoms with E-state index in [2.05, 4.69) is 0 Å². The molecular formula is C12H15ClN2O5S. The molecule has 0 aliphatic carbocycles. The molecule has 0 aromatic heterocycles. The summed E-state index contributed by atoms with van der Waals surface area (Å²) in [5.41, 5.74) is 5.32. The van der Waals surface area contributed by atoms with Gasteiger partial charge in [-0.3, -0.25) is 9.59 Å². The second-order valence-corrected chi connectivity index (χ2v) is 6.55. The van der Waals surface area contributed by atoms with E-state index in [9.17, 15) is 18.0 Å². The van der Waals surface area contributed by atoms with Crippen LogP contribution in [0.2, 0.25) is 5.02 Å². The van der Waals surface area contributed by atoms with E-state index in [0.717, 1.165) is 0 Å². The van der Waals surface area contributed by atoms with Gasteiger partial charge in [0.1, 0.15) is 6.04 Å². The minimum absolute atomic E-state index is 0.0720.